The van der Waals surface area contributed by atoms with Crippen LogP contribution in [0.25, 0.3) is 0 Å². The molecule has 0 aromatic rings. The van der Waals surface area contributed by atoms with Gasteiger partial charge in [0.1, 0.15) is 5.78 Å². The fourth-order valence-corrected chi connectivity index (χ4v) is 3.00. The van der Waals surface area contributed by atoms with Gasteiger partial charge in [-0.25, -0.2) is 0 Å². The number of rotatable bonds is 3. The standard InChI is InChI=1S/C14H23NO2/c1-10(2)13(17)14(3)8-7-12(16)15(9-14)11-5-4-6-11/h10-11H,4-9H2,1-3H3. The van der Waals surface area contributed by atoms with E-state index >= 15 is 0 Å². The van der Waals surface area contributed by atoms with E-state index in [9.17, 15) is 9.59 Å². The summed E-state index contributed by atoms with van der Waals surface area (Å²) in [4.78, 5) is 26.2. The van der Waals surface area contributed by atoms with E-state index in [2.05, 4.69) is 0 Å². The van der Waals surface area contributed by atoms with Gasteiger partial charge in [-0.1, -0.05) is 20.8 Å². The molecule has 1 aliphatic heterocycles. The van der Waals surface area contributed by atoms with Crippen molar-refractivity contribution in [2.45, 2.75) is 58.9 Å². The van der Waals surface area contributed by atoms with Gasteiger partial charge in [0.05, 0.1) is 0 Å². The Morgan fingerprint density at radius 1 is 1.41 bits per heavy atom. The van der Waals surface area contributed by atoms with Crippen LogP contribution < -0.4 is 0 Å². The summed E-state index contributed by atoms with van der Waals surface area (Å²) >= 11 is 0. The van der Waals surface area contributed by atoms with Crippen LogP contribution in [0.2, 0.25) is 0 Å². The maximum absolute atomic E-state index is 12.3. The van der Waals surface area contributed by atoms with Crippen LogP contribution in [-0.4, -0.2) is 29.2 Å². The van der Waals surface area contributed by atoms with E-state index < -0.39 is 0 Å². The molecule has 1 amide bonds. The summed E-state index contributed by atoms with van der Waals surface area (Å²) in [7, 11) is 0. The topological polar surface area (TPSA) is 37.4 Å². The van der Waals surface area contributed by atoms with Gasteiger partial charge in [-0.2, -0.15) is 0 Å². The lowest BCUT2D eigenvalue weighted by Gasteiger charge is -2.46. The second-order valence-electron chi connectivity index (χ2n) is 6.19. The molecule has 0 radical (unpaired) electrons. The number of ketones is 1. The number of Topliss-reactive ketones (excluding diaryl/α,β-unsaturated/α-hetero) is 1. The summed E-state index contributed by atoms with van der Waals surface area (Å²) in [6.07, 6.45) is 4.75. The van der Waals surface area contributed by atoms with Crippen LogP contribution in [-0.2, 0) is 9.59 Å². The molecule has 0 bridgehead atoms. The highest BCUT2D eigenvalue weighted by atomic mass is 16.2. The van der Waals surface area contributed by atoms with Crippen LogP contribution in [0.15, 0.2) is 0 Å². The summed E-state index contributed by atoms with van der Waals surface area (Å²) in [6.45, 7) is 6.59. The number of hydrogen-bond donors (Lipinski definition) is 0. The first-order valence-corrected chi connectivity index (χ1v) is 6.78. The lowest BCUT2D eigenvalue weighted by atomic mass is 9.73. The van der Waals surface area contributed by atoms with Crippen LogP contribution in [0, 0.1) is 11.3 Å². The number of carbonyl (C=O) groups excluding carboxylic acids is 2. The molecule has 1 saturated heterocycles. The largest absolute Gasteiger partial charge is 0.339 e. The van der Waals surface area contributed by atoms with Crippen LogP contribution >= 0.6 is 0 Å². The molecule has 1 aliphatic carbocycles. The van der Waals surface area contributed by atoms with Gasteiger partial charge in [0.15, 0.2) is 0 Å². The normalized spacial score (nSPS) is 30.6. The van der Waals surface area contributed by atoms with Crippen LogP contribution in [0.1, 0.15) is 52.9 Å². The molecule has 1 atom stereocenters. The first-order valence-electron chi connectivity index (χ1n) is 6.78. The smallest absolute Gasteiger partial charge is 0.222 e. The summed E-state index contributed by atoms with van der Waals surface area (Å²) in [5, 5.41) is 0. The Morgan fingerprint density at radius 3 is 2.53 bits per heavy atom. The zero-order valence-corrected chi connectivity index (χ0v) is 11.2. The van der Waals surface area contributed by atoms with Gasteiger partial charge in [0.25, 0.3) is 0 Å². The van der Waals surface area contributed by atoms with Gasteiger partial charge in [-0.15, -0.1) is 0 Å². The van der Waals surface area contributed by atoms with Gasteiger partial charge < -0.3 is 4.90 Å². The van der Waals surface area contributed by atoms with E-state index in [0.29, 0.717) is 24.8 Å². The van der Waals surface area contributed by atoms with Crippen LogP contribution in [0.3, 0.4) is 0 Å². The maximum atomic E-state index is 12.3. The van der Waals surface area contributed by atoms with Crippen molar-refractivity contribution in [2.24, 2.45) is 11.3 Å². The maximum Gasteiger partial charge on any atom is 0.222 e. The third kappa shape index (κ3) is 2.24. The Morgan fingerprint density at radius 2 is 2.06 bits per heavy atom. The Balaban J connectivity index is 2.10. The van der Waals surface area contributed by atoms with Gasteiger partial charge in [-0.3, -0.25) is 9.59 Å². The Hall–Kier alpha value is -0.860. The van der Waals surface area contributed by atoms with Crippen LogP contribution in [0.4, 0.5) is 0 Å². The van der Waals surface area contributed by atoms with E-state index in [-0.39, 0.29) is 17.2 Å². The molecule has 3 nitrogen and oxygen atoms in total. The zero-order valence-electron chi connectivity index (χ0n) is 11.2. The molecular weight excluding hydrogens is 214 g/mol. The monoisotopic (exact) mass is 237 g/mol. The average Bonchev–Trinajstić information content (AvgIpc) is 2.20. The molecule has 3 heteroatoms. The van der Waals surface area contributed by atoms with Gasteiger partial charge in [0.2, 0.25) is 5.91 Å². The molecule has 1 saturated carbocycles. The second-order valence-corrected chi connectivity index (χ2v) is 6.19. The van der Waals surface area contributed by atoms with Crippen molar-refractivity contribution in [1.29, 1.82) is 0 Å². The minimum atomic E-state index is -0.308. The van der Waals surface area contributed by atoms with Crippen molar-refractivity contribution < 1.29 is 9.59 Å². The Kier molecular flexibility index (Phi) is 3.28. The van der Waals surface area contributed by atoms with E-state index in [1.807, 2.05) is 25.7 Å². The fraction of sp³-hybridized carbons (Fsp3) is 0.857. The number of hydrogen-bond acceptors (Lipinski definition) is 2. The first kappa shape index (κ1) is 12.6. The number of amides is 1. The van der Waals surface area contributed by atoms with Gasteiger partial charge >= 0.3 is 0 Å². The van der Waals surface area contributed by atoms with E-state index in [0.717, 1.165) is 19.3 Å². The van der Waals surface area contributed by atoms with Crippen molar-refractivity contribution in [3.8, 4) is 0 Å². The molecule has 17 heavy (non-hydrogen) atoms. The predicted molar refractivity (Wildman–Crippen MR) is 66.5 cm³/mol. The molecule has 0 N–H and O–H groups in total. The fourth-order valence-electron chi connectivity index (χ4n) is 3.00. The second kappa shape index (κ2) is 4.43. The highest BCUT2D eigenvalue weighted by Crippen LogP contribution is 2.37. The minimum absolute atomic E-state index is 0.0662. The van der Waals surface area contributed by atoms with Crippen molar-refractivity contribution in [2.75, 3.05) is 6.54 Å². The van der Waals surface area contributed by atoms with Crippen molar-refractivity contribution in [3.05, 3.63) is 0 Å². The number of nitrogens with zero attached hydrogens (tertiary/aromatic N) is 1. The molecule has 2 aliphatic rings. The molecular formula is C14H23NO2. The SMILES string of the molecule is CC(C)C(=O)C1(C)CCC(=O)N(C2CCC2)C1. The Bertz CT molecular complexity index is 333. The number of piperidine rings is 1. The highest BCUT2D eigenvalue weighted by molar-refractivity contribution is 5.89. The molecule has 96 valence electrons. The first-order chi connectivity index (χ1) is 7.94. The summed E-state index contributed by atoms with van der Waals surface area (Å²) in [5.41, 5.74) is -0.308. The number of carbonyl (C=O) groups is 2. The van der Waals surface area contributed by atoms with Crippen molar-refractivity contribution in [1.82, 2.24) is 4.90 Å². The van der Waals surface area contributed by atoms with E-state index in [1.54, 1.807) is 0 Å². The lowest BCUT2D eigenvalue weighted by Crippen LogP contribution is -2.55. The summed E-state index contributed by atoms with van der Waals surface area (Å²) in [6, 6.07) is 0.419. The van der Waals surface area contributed by atoms with E-state index in [1.165, 1.54) is 6.42 Å². The summed E-state index contributed by atoms with van der Waals surface area (Å²) < 4.78 is 0. The van der Waals surface area contributed by atoms with Crippen molar-refractivity contribution in [3.63, 3.8) is 0 Å². The quantitative estimate of drug-likeness (QED) is 0.756. The number of likely N-dealkylation sites (tertiary alicyclic amines) is 1. The molecule has 1 unspecified atom stereocenters. The lowest BCUT2D eigenvalue weighted by molar-refractivity contribution is -0.148. The van der Waals surface area contributed by atoms with Crippen molar-refractivity contribution >= 4 is 11.7 Å². The molecule has 2 rings (SSSR count). The average molecular weight is 237 g/mol. The summed E-state index contributed by atoms with van der Waals surface area (Å²) in [5.74, 6) is 0.634. The highest BCUT2D eigenvalue weighted by Gasteiger charge is 2.44. The molecule has 1 heterocycles. The predicted octanol–water partition coefficient (Wildman–Crippen LogP) is 2.39. The molecule has 0 aromatic carbocycles. The minimum Gasteiger partial charge on any atom is -0.339 e. The third-order valence-electron chi connectivity index (χ3n) is 4.37. The Labute approximate surface area is 104 Å². The molecule has 0 aromatic heterocycles. The molecule has 0 spiro atoms. The van der Waals surface area contributed by atoms with Gasteiger partial charge in [-0.05, 0) is 25.7 Å². The third-order valence-corrected chi connectivity index (χ3v) is 4.37. The van der Waals surface area contributed by atoms with Crippen LogP contribution in [0.5, 0.6) is 0 Å². The van der Waals surface area contributed by atoms with E-state index in [4.69, 9.17) is 0 Å². The van der Waals surface area contributed by atoms with Gasteiger partial charge in [0, 0.05) is 30.3 Å². The molecule has 2 fully saturated rings. The zero-order chi connectivity index (χ0) is 12.6.